The number of carbonyl (C=O) groups is 3. The standard InChI is InChI=1S/C30H41N3O6/c1-6-16-31(17-7-2)27(35)24-23-14-15-30(39-23)25(24)28(36)33(20(9-4)19-34)26(30)29(37)32(18-8-3)21-10-12-22(38-5)13-11-21/h6,8,10-13,20,23-26,34H,1,3,7,9,14-19H2,2,4-5H3/t20-,23+,24-,25-,26?,30?/m0/s1. The first kappa shape index (κ1) is 28.8. The minimum Gasteiger partial charge on any atom is -0.497 e. The third-order valence-electron chi connectivity index (χ3n) is 8.45. The van der Waals surface area contributed by atoms with Crippen LogP contribution in [0.25, 0.3) is 0 Å². The molecule has 1 N–H and O–H groups in total. The summed E-state index contributed by atoms with van der Waals surface area (Å²) in [7, 11) is 1.57. The van der Waals surface area contributed by atoms with E-state index in [9.17, 15) is 19.5 Å². The van der Waals surface area contributed by atoms with E-state index >= 15 is 0 Å². The van der Waals surface area contributed by atoms with Gasteiger partial charge in [-0.2, -0.15) is 0 Å². The lowest BCUT2D eigenvalue weighted by Crippen LogP contribution is -2.59. The Bertz CT molecular complexity index is 1090. The Kier molecular flexibility index (Phi) is 8.81. The van der Waals surface area contributed by atoms with Crippen molar-refractivity contribution in [3.63, 3.8) is 0 Å². The van der Waals surface area contributed by atoms with E-state index in [2.05, 4.69) is 13.2 Å². The number of anilines is 1. The van der Waals surface area contributed by atoms with E-state index in [1.54, 1.807) is 53.3 Å². The molecule has 3 heterocycles. The van der Waals surface area contributed by atoms with Crippen LogP contribution < -0.4 is 9.64 Å². The molecular weight excluding hydrogens is 498 g/mol. The van der Waals surface area contributed by atoms with Crippen LogP contribution in [0.3, 0.4) is 0 Å². The van der Waals surface area contributed by atoms with Gasteiger partial charge in [0.2, 0.25) is 11.8 Å². The maximum Gasteiger partial charge on any atom is 0.253 e. The van der Waals surface area contributed by atoms with Gasteiger partial charge in [0.25, 0.3) is 5.91 Å². The van der Waals surface area contributed by atoms with Crippen molar-refractivity contribution in [3.8, 4) is 5.75 Å². The summed E-state index contributed by atoms with van der Waals surface area (Å²) >= 11 is 0. The van der Waals surface area contributed by atoms with Crippen molar-refractivity contribution in [3.05, 3.63) is 49.6 Å². The monoisotopic (exact) mass is 539 g/mol. The van der Waals surface area contributed by atoms with Crippen molar-refractivity contribution in [1.82, 2.24) is 9.80 Å². The summed E-state index contributed by atoms with van der Waals surface area (Å²) in [5, 5.41) is 10.3. The van der Waals surface area contributed by atoms with Crippen LogP contribution in [0.15, 0.2) is 49.6 Å². The van der Waals surface area contributed by atoms with Gasteiger partial charge in [-0.25, -0.2) is 0 Å². The zero-order valence-corrected chi connectivity index (χ0v) is 23.3. The van der Waals surface area contributed by atoms with E-state index in [0.717, 1.165) is 6.42 Å². The van der Waals surface area contributed by atoms with Gasteiger partial charge in [-0.1, -0.05) is 26.0 Å². The minimum absolute atomic E-state index is 0.134. The second kappa shape index (κ2) is 11.9. The van der Waals surface area contributed by atoms with Gasteiger partial charge in [0.05, 0.1) is 37.7 Å². The second-order valence-electron chi connectivity index (χ2n) is 10.6. The molecule has 3 fully saturated rings. The molecule has 9 heteroatoms. The molecule has 1 aromatic rings. The van der Waals surface area contributed by atoms with Crippen LogP contribution >= 0.6 is 0 Å². The number of rotatable bonds is 13. The van der Waals surface area contributed by atoms with Crippen molar-refractivity contribution >= 4 is 23.4 Å². The Labute approximate surface area is 231 Å². The molecule has 0 aliphatic carbocycles. The number of benzene rings is 1. The maximum atomic E-state index is 14.5. The summed E-state index contributed by atoms with van der Waals surface area (Å²) in [6.45, 7) is 12.4. The fraction of sp³-hybridized carbons (Fsp3) is 0.567. The number of hydrogen-bond donors (Lipinski definition) is 1. The number of ether oxygens (including phenoxy) is 2. The number of amides is 3. The van der Waals surface area contributed by atoms with E-state index in [1.165, 1.54) is 4.90 Å². The molecule has 1 aromatic carbocycles. The lowest BCUT2D eigenvalue weighted by molar-refractivity contribution is -0.147. The molecule has 0 saturated carbocycles. The summed E-state index contributed by atoms with van der Waals surface area (Å²) in [6.07, 6.45) is 5.20. The molecule has 0 aromatic heterocycles. The second-order valence-corrected chi connectivity index (χ2v) is 10.6. The predicted molar refractivity (Wildman–Crippen MR) is 148 cm³/mol. The molecule has 39 heavy (non-hydrogen) atoms. The molecule has 6 atom stereocenters. The average Bonchev–Trinajstić information content (AvgIpc) is 3.59. The first-order valence-electron chi connectivity index (χ1n) is 13.9. The fourth-order valence-corrected chi connectivity index (χ4v) is 6.75. The van der Waals surface area contributed by atoms with Crippen LogP contribution in [0.1, 0.15) is 39.5 Å². The number of carbonyl (C=O) groups excluding carboxylic acids is 3. The van der Waals surface area contributed by atoms with Gasteiger partial charge in [-0.3, -0.25) is 14.4 Å². The average molecular weight is 540 g/mol. The molecule has 2 bridgehead atoms. The van der Waals surface area contributed by atoms with E-state index in [1.807, 2.05) is 13.8 Å². The van der Waals surface area contributed by atoms with Gasteiger partial charge in [-0.05, 0) is 49.9 Å². The highest BCUT2D eigenvalue weighted by Gasteiger charge is 2.75. The van der Waals surface area contributed by atoms with Gasteiger partial charge in [0.1, 0.15) is 17.4 Å². The third kappa shape index (κ3) is 4.76. The van der Waals surface area contributed by atoms with Crippen LogP contribution in [-0.2, 0) is 19.1 Å². The van der Waals surface area contributed by atoms with Crippen molar-refractivity contribution in [2.75, 3.05) is 38.3 Å². The molecule has 1 spiro atoms. The highest BCUT2D eigenvalue weighted by molar-refractivity contribution is 6.05. The molecule has 3 aliphatic rings. The Morgan fingerprint density at radius 3 is 2.46 bits per heavy atom. The zero-order valence-electron chi connectivity index (χ0n) is 23.3. The van der Waals surface area contributed by atoms with E-state index < -0.39 is 35.6 Å². The quantitative estimate of drug-likeness (QED) is 0.387. The number of aliphatic hydroxyl groups excluding tert-OH is 1. The first-order valence-corrected chi connectivity index (χ1v) is 13.9. The van der Waals surface area contributed by atoms with Gasteiger partial charge in [0, 0.05) is 25.3 Å². The van der Waals surface area contributed by atoms with Gasteiger partial charge >= 0.3 is 0 Å². The number of likely N-dealkylation sites (tertiary alicyclic amines) is 1. The highest BCUT2D eigenvalue weighted by atomic mass is 16.5. The van der Waals surface area contributed by atoms with Gasteiger partial charge in [-0.15, -0.1) is 13.2 Å². The van der Waals surface area contributed by atoms with Crippen molar-refractivity contribution < 1.29 is 29.0 Å². The molecule has 3 aliphatic heterocycles. The SMILES string of the molecule is C=CCN(CCC)C(=O)[C@@H]1[C@H]2C(=O)N([C@@H](CC)CO)C(C(=O)N(CC=C)c3ccc(OC)cc3)C23CC[C@H]1O3. The molecule has 0 radical (unpaired) electrons. The number of fused-ring (bicyclic) bond motifs is 1. The lowest BCUT2D eigenvalue weighted by Gasteiger charge is -2.39. The smallest absolute Gasteiger partial charge is 0.253 e. The Balaban J connectivity index is 1.78. The van der Waals surface area contributed by atoms with E-state index in [0.29, 0.717) is 43.8 Å². The Morgan fingerprint density at radius 2 is 1.90 bits per heavy atom. The van der Waals surface area contributed by atoms with Crippen LogP contribution in [0.5, 0.6) is 5.75 Å². The molecule has 3 saturated heterocycles. The predicted octanol–water partition coefficient (Wildman–Crippen LogP) is 2.78. The summed E-state index contributed by atoms with van der Waals surface area (Å²) in [5.41, 5.74) is -0.509. The zero-order chi connectivity index (χ0) is 28.3. The topological polar surface area (TPSA) is 99.6 Å². The van der Waals surface area contributed by atoms with E-state index in [4.69, 9.17) is 9.47 Å². The third-order valence-corrected chi connectivity index (χ3v) is 8.45. The Morgan fingerprint density at radius 1 is 1.21 bits per heavy atom. The molecule has 2 unspecified atom stereocenters. The molecular formula is C30H41N3O6. The minimum atomic E-state index is -1.14. The normalized spacial score (nSPS) is 27.7. The van der Waals surface area contributed by atoms with Crippen LogP contribution in [-0.4, -0.2) is 89.8 Å². The van der Waals surface area contributed by atoms with Crippen LogP contribution in [0.4, 0.5) is 5.69 Å². The van der Waals surface area contributed by atoms with E-state index in [-0.39, 0.29) is 30.9 Å². The number of hydrogen-bond acceptors (Lipinski definition) is 6. The van der Waals surface area contributed by atoms with Crippen LogP contribution in [0.2, 0.25) is 0 Å². The summed E-state index contributed by atoms with van der Waals surface area (Å²) in [5.74, 6) is -1.55. The Hall–Kier alpha value is -3.17. The maximum absolute atomic E-state index is 14.5. The fourth-order valence-electron chi connectivity index (χ4n) is 6.75. The largest absolute Gasteiger partial charge is 0.497 e. The van der Waals surface area contributed by atoms with Crippen LogP contribution in [0, 0.1) is 11.8 Å². The van der Waals surface area contributed by atoms with Gasteiger partial charge in [0.15, 0.2) is 0 Å². The summed E-state index contributed by atoms with van der Waals surface area (Å²) in [4.78, 5) is 47.4. The number of nitrogens with zero attached hydrogens (tertiary/aromatic N) is 3. The molecule has 3 amide bonds. The van der Waals surface area contributed by atoms with Crippen molar-refractivity contribution in [2.24, 2.45) is 11.8 Å². The molecule has 212 valence electrons. The number of aliphatic hydroxyl groups is 1. The highest BCUT2D eigenvalue weighted by Crippen LogP contribution is 2.59. The van der Waals surface area contributed by atoms with Crippen molar-refractivity contribution in [1.29, 1.82) is 0 Å². The first-order chi connectivity index (χ1) is 18.8. The number of methoxy groups -OCH3 is 1. The van der Waals surface area contributed by atoms with Crippen molar-refractivity contribution in [2.45, 2.75) is 63.3 Å². The summed E-state index contributed by atoms with van der Waals surface area (Å²) < 4.78 is 11.9. The summed E-state index contributed by atoms with van der Waals surface area (Å²) in [6, 6.07) is 5.57. The van der Waals surface area contributed by atoms with Gasteiger partial charge < -0.3 is 29.3 Å². The lowest BCUT2D eigenvalue weighted by atomic mass is 9.70. The molecule has 9 nitrogen and oxygen atoms in total. The molecule has 4 rings (SSSR count).